The Hall–Kier alpha value is -1.11. The third-order valence-electron chi connectivity index (χ3n) is 5.64. The molecule has 2 bridgehead atoms. The summed E-state index contributed by atoms with van der Waals surface area (Å²) in [4.78, 5) is 11.3. The van der Waals surface area contributed by atoms with E-state index < -0.39 is 0 Å². The van der Waals surface area contributed by atoms with Crippen molar-refractivity contribution in [2.45, 2.75) is 39.5 Å². The minimum absolute atomic E-state index is 0.163. The lowest BCUT2D eigenvalue weighted by Gasteiger charge is -2.32. The monoisotopic (exact) mass is 242 g/mol. The Morgan fingerprint density at radius 1 is 1.06 bits per heavy atom. The van der Waals surface area contributed by atoms with Crippen LogP contribution in [0.25, 0.3) is 0 Å². The quantitative estimate of drug-likeness (QED) is 0.707. The van der Waals surface area contributed by atoms with E-state index in [4.69, 9.17) is 0 Å². The first-order valence-corrected chi connectivity index (χ1v) is 7.19. The van der Waals surface area contributed by atoms with Crippen molar-refractivity contribution in [1.82, 2.24) is 0 Å². The summed E-state index contributed by atoms with van der Waals surface area (Å²) in [5.74, 6) is 4.47. The van der Waals surface area contributed by atoms with Gasteiger partial charge in [-0.05, 0) is 54.9 Å². The van der Waals surface area contributed by atoms with Crippen molar-refractivity contribution in [3.63, 3.8) is 0 Å². The fourth-order valence-corrected chi connectivity index (χ4v) is 4.29. The van der Waals surface area contributed by atoms with Crippen molar-refractivity contribution in [3.8, 4) is 0 Å². The van der Waals surface area contributed by atoms with E-state index in [0.717, 1.165) is 35.2 Å². The van der Waals surface area contributed by atoms with E-state index >= 15 is 0 Å². The largest absolute Gasteiger partial charge is 0.295 e. The molecule has 5 atom stereocenters. The van der Waals surface area contributed by atoms with Gasteiger partial charge in [-0.2, -0.15) is 0 Å². The maximum absolute atomic E-state index is 11.3. The maximum atomic E-state index is 11.3. The molecule has 2 saturated carbocycles. The second-order valence-corrected chi connectivity index (χ2v) is 6.40. The Kier molecular flexibility index (Phi) is 2.80. The lowest BCUT2D eigenvalue weighted by atomic mass is 9.73. The highest BCUT2D eigenvalue weighted by Gasteiger charge is 2.48. The zero-order valence-electron chi connectivity index (χ0n) is 11.5. The van der Waals surface area contributed by atoms with E-state index in [1.165, 1.54) is 18.4 Å². The molecule has 0 radical (unpaired) electrons. The molecular weight excluding hydrogens is 220 g/mol. The summed E-state index contributed by atoms with van der Waals surface area (Å²) in [7, 11) is 0. The first-order valence-electron chi connectivity index (χ1n) is 7.19. The van der Waals surface area contributed by atoms with Crippen LogP contribution < -0.4 is 0 Å². The molecule has 1 heteroatoms. The van der Waals surface area contributed by atoms with Gasteiger partial charge in [-0.1, -0.05) is 38.1 Å². The van der Waals surface area contributed by atoms with E-state index in [-0.39, 0.29) is 5.78 Å². The topological polar surface area (TPSA) is 17.1 Å². The maximum Gasteiger partial charge on any atom is 0.159 e. The van der Waals surface area contributed by atoms with Crippen molar-refractivity contribution >= 4 is 5.78 Å². The predicted molar refractivity (Wildman–Crippen MR) is 73.7 cm³/mol. The fourth-order valence-electron chi connectivity index (χ4n) is 4.29. The van der Waals surface area contributed by atoms with Gasteiger partial charge in [0.2, 0.25) is 0 Å². The molecule has 2 aliphatic rings. The van der Waals surface area contributed by atoms with Gasteiger partial charge in [0.25, 0.3) is 0 Å². The summed E-state index contributed by atoms with van der Waals surface area (Å²) in [5.41, 5.74) is 2.29. The van der Waals surface area contributed by atoms with E-state index in [1.54, 1.807) is 6.92 Å². The van der Waals surface area contributed by atoms with Crippen molar-refractivity contribution in [2.75, 3.05) is 0 Å². The van der Waals surface area contributed by atoms with Crippen molar-refractivity contribution in [1.29, 1.82) is 0 Å². The molecule has 0 spiro atoms. The van der Waals surface area contributed by atoms with E-state index in [9.17, 15) is 4.79 Å². The minimum Gasteiger partial charge on any atom is -0.295 e. The summed E-state index contributed by atoms with van der Waals surface area (Å²) in [6, 6.07) is 8.36. The number of benzene rings is 1. The molecule has 0 saturated heterocycles. The molecule has 0 heterocycles. The summed E-state index contributed by atoms with van der Waals surface area (Å²) in [5, 5.41) is 0. The van der Waals surface area contributed by atoms with Crippen LogP contribution in [-0.2, 0) is 0 Å². The molecule has 2 fully saturated rings. The summed E-state index contributed by atoms with van der Waals surface area (Å²) >= 11 is 0. The molecule has 0 aromatic heterocycles. The molecule has 1 aromatic carbocycles. The van der Waals surface area contributed by atoms with Gasteiger partial charge >= 0.3 is 0 Å². The highest BCUT2D eigenvalue weighted by Crippen LogP contribution is 2.58. The highest BCUT2D eigenvalue weighted by molar-refractivity contribution is 5.94. The van der Waals surface area contributed by atoms with Crippen LogP contribution in [0, 0.1) is 23.7 Å². The molecule has 2 aliphatic carbocycles. The molecule has 1 aromatic rings. The number of carbonyl (C=O) groups excluding carboxylic acids is 1. The van der Waals surface area contributed by atoms with Gasteiger partial charge in [-0.15, -0.1) is 0 Å². The Bertz CT molecular complexity index is 457. The molecule has 3 rings (SSSR count). The van der Waals surface area contributed by atoms with Crippen LogP contribution in [0.5, 0.6) is 0 Å². The smallest absolute Gasteiger partial charge is 0.159 e. The minimum atomic E-state index is 0.163. The Morgan fingerprint density at radius 2 is 1.72 bits per heavy atom. The molecule has 2 unspecified atom stereocenters. The number of ketones is 1. The number of fused-ring (bicyclic) bond motifs is 2. The summed E-state index contributed by atoms with van der Waals surface area (Å²) < 4.78 is 0. The molecule has 1 nitrogen and oxygen atoms in total. The Balaban J connectivity index is 1.83. The van der Waals surface area contributed by atoms with Gasteiger partial charge < -0.3 is 0 Å². The van der Waals surface area contributed by atoms with Crippen molar-refractivity contribution in [2.24, 2.45) is 23.7 Å². The number of rotatable bonds is 2. The summed E-state index contributed by atoms with van der Waals surface area (Å²) in [6.07, 6.45) is 2.77. The predicted octanol–water partition coefficient (Wildman–Crippen LogP) is 4.28. The first-order chi connectivity index (χ1) is 8.58. The van der Waals surface area contributed by atoms with Gasteiger partial charge in [0.1, 0.15) is 0 Å². The van der Waals surface area contributed by atoms with Crippen LogP contribution in [0.2, 0.25) is 0 Å². The van der Waals surface area contributed by atoms with Gasteiger partial charge in [0, 0.05) is 5.56 Å². The van der Waals surface area contributed by atoms with Crippen LogP contribution in [0.15, 0.2) is 24.3 Å². The Morgan fingerprint density at radius 3 is 2.22 bits per heavy atom. The molecule has 96 valence electrons. The molecule has 0 N–H and O–H groups in total. The highest BCUT2D eigenvalue weighted by atomic mass is 16.1. The van der Waals surface area contributed by atoms with E-state index in [1.807, 2.05) is 12.1 Å². The summed E-state index contributed by atoms with van der Waals surface area (Å²) in [6.45, 7) is 6.48. The normalized spacial score (nSPS) is 38.1. The lowest BCUT2D eigenvalue weighted by Crippen LogP contribution is -2.23. The molecule has 0 amide bonds. The van der Waals surface area contributed by atoms with E-state index in [0.29, 0.717) is 0 Å². The van der Waals surface area contributed by atoms with Crippen LogP contribution in [0.4, 0.5) is 0 Å². The number of hydrogen-bond donors (Lipinski definition) is 0. The van der Waals surface area contributed by atoms with Crippen LogP contribution >= 0.6 is 0 Å². The number of hydrogen-bond acceptors (Lipinski definition) is 1. The average Bonchev–Trinajstić information content (AvgIpc) is 2.91. The van der Waals surface area contributed by atoms with Crippen LogP contribution in [0.3, 0.4) is 0 Å². The SMILES string of the molecule is CC(=O)c1ccc([C@@H]2C[C@@H]3C[C@H]2C(C)C3C)cc1. The van der Waals surface area contributed by atoms with Gasteiger partial charge in [-0.3, -0.25) is 4.79 Å². The van der Waals surface area contributed by atoms with Crippen molar-refractivity contribution < 1.29 is 4.79 Å². The zero-order chi connectivity index (χ0) is 12.9. The van der Waals surface area contributed by atoms with Crippen LogP contribution in [0.1, 0.15) is 55.5 Å². The van der Waals surface area contributed by atoms with Crippen molar-refractivity contribution in [3.05, 3.63) is 35.4 Å². The van der Waals surface area contributed by atoms with Crippen LogP contribution in [-0.4, -0.2) is 5.78 Å². The zero-order valence-corrected chi connectivity index (χ0v) is 11.5. The fraction of sp³-hybridized carbons (Fsp3) is 0.588. The lowest BCUT2D eigenvalue weighted by molar-refractivity contribution is 0.101. The van der Waals surface area contributed by atoms with Gasteiger partial charge in [0.05, 0.1) is 0 Å². The second-order valence-electron chi connectivity index (χ2n) is 6.40. The number of Topliss-reactive ketones (excluding diaryl/α,β-unsaturated/α-hetero) is 1. The first kappa shape index (κ1) is 12.0. The average molecular weight is 242 g/mol. The van der Waals surface area contributed by atoms with E-state index in [2.05, 4.69) is 26.0 Å². The molecule has 18 heavy (non-hydrogen) atoms. The molecular formula is C17H22O. The van der Waals surface area contributed by atoms with Gasteiger partial charge in [-0.25, -0.2) is 0 Å². The third kappa shape index (κ3) is 1.72. The standard InChI is InChI=1S/C17H22O/c1-10-11(2)16-8-15(10)9-17(16)14-6-4-13(5-7-14)12(3)18/h4-7,10-11,15-17H,8-9H2,1-3H3/t10?,11?,15-,16-,17-/m0/s1. The Labute approximate surface area is 110 Å². The molecule has 0 aliphatic heterocycles. The third-order valence-corrected chi connectivity index (χ3v) is 5.64. The number of carbonyl (C=O) groups is 1. The van der Waals surface area contributed by atoms with Gasteiger partial charge in [0.15, 0.2) is 5.78 Å². The second kappa shape index (κ2) is 4.22.